The van der Waals surface area contributed by atoms with E-state index in [4.69, 9.17) is 9.31 Å². The minimum absolute atomic E-state index is 0.221. The van der Waals surface area contributed by atoms with Crippen molar-refractivity contribution in [3.63, 3.8) is 0 Å². The lowest BCUT2D eigenvalue weighted by molar-refractivity contribution is 0.00578. The van der Waals surface area contributed by atoms with Crippen LogP contribution < -0.4 is 0 Å². The van der Waals surface area contributed by atoms with Gasteiger partial charge in [-0.1, -0.05) is 25.1 Å². The molecule has 1 aliphatic rings. The van der Waals surface area contributed by atoms with Gasteiger partial charge in [-0.15, -0.1) is 0 Å². The Hall–Kier alpha value is -1.20. The topological polar surface area (TPSA) is 18.5 Å². The molecule has 1 aromatic rings. The summed E-state index contributed by atoms with van der Waals surface area (Å²) in [6, 6.07) is 6.43. The molecule has 0 atom stereocenters. The van der Waals surface area contributed by atoms with Crippen LogP contribution in [0.15, 0.2) is 35.6 Å². The number of halogens is 2. The molecule has 1 aliphatic heterocycles. The molecule has 0 spiro atoms. The Labute approximate surface area is 131 Å². The molecule has 1 fully saturated rings. The highest BCUT2D eigenvalue weighted by Gasteiger charge is 2.53. The Balaban J connectivity index is 2.25. The van der Waals surface area contributed by atoms with Gasteiger partial charge in [0.2, 0.25) is 0 Å². The summed E-state index contributed by atoms with van der Waals surface area (Å²) in [5.41, 5.74) is -0.642. The molecule has 22 heavy (non-hydrogen) atoms. The zero-order chi connectivity index (χ0) is 16.5. The maximum absolute atomic E-state index is 14.8. The number of rotatable bonds is 4. The number of benzene rings is 1. The zero-order valence-electron chi connectivity index (χ0n) is 13.9. The highest BCUT2D eigenvalue weighted by molar-refractivity contribution is 6.53. The second-order valence-electron chi connectivity index (χ2n) is 6.66. The van der Waals surface area contributed by atoms with Gasteiger partial charge in [-0.05, 0) is 57.7 Å². The van der Waals surface area contributed by atoms with E-state index in [-0.39, 0.29) is 12.2 Å². The molecule has 5 heteroatoms. The maximum atomic E-state index is 14.8. The van der Waals surface area contributed by atoms with Gasteiger partial charge in [0, 0.05) is 0 Å². The van der Waals surface area contributed by atoms with E-state index in [1.54, 1.807) is 18.2 Å². The average Bonchev–Trinajstić information content (AvgIpc) is 2.66. The van der Waals surface area contributed by atoms with E-state index in [1.165, 1.54) is 6.07 Å². The zero-order valence-corrected chi connectivity index (χ0v) is 13.9. The van der Waals surface area contributed by atoms with E-state index in [0.29, 0.717) is 17.6 Å². The van der Waals surface area contributed by atoms with E-state index in [0.717, 1.165) is 0 Å². The fourth-order valence-electron chi connectivity index (χ4n) is 2.36. The third kappa shape index (κ3) is 3.25. The molecule has 1 saturated heterocycles. The Bertz CT molecular complexity index is 566. The fourth-order valence-corrected chi connectivity index (χ4v) is 2.36. The maximum Gasteiger partial charge on any atom is 0.525 e. The standard InChI is InChI=1S/C17H23BF2O2/c1-6-12(11-13-9-7-8-10-14(13)19)15(20)18-21-16(2,3)17(4,5)22-18/h7-10H,6,11H2,1-5H3. The van der Waals surface area contributed by atoms with Gasteiger partial charge in [0.25, 0.3) is 0 Å². The molecule has 1 heterocycles. The number of allylic oxidation sites excluding steroid dienone is 1. The van der Waals surface area contributed by atoms with Crippen molar-refractivity contribution >= 4 is 7.12 Å². The molecule has 120 valence electrons. The van der Waals surface area contributed by atoms with Gasteiger partial charge in [0.15, 0.2) is 0 Å². The first-order valence-electron chi connectivity index (χ1n) is 7.64. The van der Waals surface area contributed by atoms with Crippen LogP contribution in [0, 0.1) is 5.82 Å². The van der Waals surface area contributed by atoms with Gasteiger partial charge in [-0.2, -0.15) is 0 Å². The summed E-state index contributed by atoms with van der Waals surface area (Å²) in [7, 11) is -1.02. The molecular weight excluding hydrogens is 285 g/mol. The van der Waals surface area contributed by atoms with E-state index < -0.39 is 24.0 Å². The van der Waals surface area contributed by atoms with E-state index >= 15 is 0 Å². The summed E-state index contributed by atoms with van der Waals surface area (Å²) in [6.07, 6.45) is 0.698. The van der Waals surface area contributed by atoms with Crippen molar-refractivity contribution in [2.45, 2.75) is 58.7 Å². The van der Waals surface area contributed by atoms with Crippen molar-refractivity contribution in [2.24, 2.45) is 0 Å². The van der Waals surface area contributed by atoms with E-state index in [1.807, 2.05) is 34.6 Å². The SMILES string of the molecule is CCC(Cc1ccccc1F)=C(F)B1OC(C)(C)C(C)(C)O1. The van der Waals surface area contributed by atoms with E-state index in [9.17, 15) is 8.78 Å². The summed E-state index contributed by atoms with van der Waals surface area (Å²) in [5.74, 6) is -0.324. The molecule has 0 saturated carbocycles. The van der Waals surface area contributed by atoms with Crippen molar-refractivity contribution in [1.82, 2.24) is 0 Å². The first-order chi connectivity index (χ1) is 10.2. The quantitative estimate of drug-likeness (QED) is 0.755. The molecular formula is C17H23BF2O2. The average molecular weight is 308 g/mol. The molecule has 0 radical (unpaired) electrons. The Morgan fingerprint density at radius 2 is 1.64 bits per heavy atom. The lowest BCUT2D eigenvalue weighted by atomic mass is 9.82. The van der Waals surface area contributed by atoms with Crippen molar-refractivity contribution in [3.05, 3.63) is 46.9 Å². The van der Waals surface area contributed by atoms with Crippen molar-refractivity contribution in [3.8, 4) is 0 Å². The van der Waals surface area contributed by atoms with Crippen molar-refractivity contribution < 1.29 is 18.1 Å². The normalized spacial score (nSPS) is 21.0. The minimum atomic E-state index is -1.02. The molecule has 0 bridgehead atoms. The van der Waals surface area contributed by atoms with Crippen molar-refractivity contribution in [1.29, 1.82) is 0 Å². The van der Waals surface area contributed by atoms with Gasteiger partial charge in [-0.3, -0.25) is 0 Å². The molecule has 1 aromatic carbocycles. The third-order valence-corrected chi connectivity index (χ3v) is 4.59. The Morgan fingerprint density at radius 3 is 2.14 bits per heavy atom. The van der Waals surface area contributed by atoms with Crippen LogP contribution in [0.4, 0.5) is 8.78 Å². The summed E-state index contributed by atoms with van der Waals surface area (Å²) in [6.45, 7) is 9.36. The van der Waals surface area contributed by atoms with E-state index in [2.05, 4.69) is 0 Å². The largest absolute Gasteiger partial charge is 0.525 e. The minimum Gasteiger partial charge on any atom is -0.398 e. The van der Waals surface area contributed by atoms with Gasteiger partial charge < -0.3 is 9.31 Å². The van der Waals surface area contributed by atoms with Crippen LogP contribution in [-0.4, -0.2) is 18.3 Å². The van der Waals surface area contributed by atoms with Crippen molar-refractivity contribution in [2.75, 3.05) is 0 Å². The van der Waals surface area contributed by atoms with Crippen LogP contribution in [0.3, 0.4) is 0 Å². The first kappa shape index (κ1) is 17.2. The van der Waals surface area contributed by atoms with Gasteiger partial charge in [-0.25, -0.2) is 8.78 Å². The third-order valence-electron chi connectivity index (χ3n) is 4.59. The molecule has 2 nitrogen and oxygen atoms in total. The van der Waals surface area contributed by atoms with Crippen LogP contribution >= 0.6 is 0 Å². The highest BCUT2D eigenvalue weighted by atomic mass is 19.1. The number of hydrogen-bond donors (Lipinski definition) is 0. The molecule has 0 N–H and O–H groups in total. The van der Waals surface area contributed by atoms with Crippen LogP contribution in [0.25, 0.3) is 0 Å². The Kier molecular flexibility index (Phi) is 4.78. The van der Waals surface area contributed by atoms with Crippen LogP contribution in [-0.2, 0) is 15.7 Å². The monoisotopic (exact) mass is 308 g/mol. The predicted octanol–water partition coefficient (Wildman–Crippen LogP) is 4.63. The molecule has 0 amide bonds. The van der Waals surface area contributed by atoms with Crippen LogP contribution in [0.5, 0.6) is 0 Å². The van der Waals surface area contributed by atoms with Gasteiger partial charge >= 0.3 is 7.12 Å². The lowest BCUT2D eigenvalue weighted by Gasteiger charge is -2.32. The molecule has 2 rings (SSSR count). The first-order valence-corrected chi connectivity index (χ1v) is 7.64. The second-order valence-corrected chi connectivity index (χ2v) is 6.66. The predicted molar refractivity (Wildman–Crippen MR) is 84.6 cm³/mol. The Morgan fingerprint density at radius 1 is 1.09 bits per heavy atom. The molecule has 0 aromatic heterocycles. The summed E-state index contributed by atoms with van der Waals surface area (Å²) in [4.78, 5) is 0. The summed E-state index contributed by atoms with van der Waals surface area (Å²) >= 11 is 0. The van der Waals surface area contributed by atoms with Crippen LogP contribution in [0.1, 0.15) is 46.6 Å². The van der Waals surface area contributed by atoms with Gasteiger partial charge in [0.05, 0.1) is 11.2 Å². The van der Waals surface area contributed by atoms with Gasteiger partial charge in [0.1, 0.15) is 11.5 Å². The van der Waals surface area contributed by atoms with Crippen LogP contribution in [0.2, 0.25) is 0 Å². The fraction of sp³-hybridized carbons (Fsp3) is 0.529. The lowest BCUT2D eigenvalue weighted by Crippen LogP contribution is -2.41. The molecule has 0 aliphatic carbocycles. The second kappa shape index (κ2) is 6.13. The number of hydrogen-bond acceptors (Lipinski definition) is 2. The summed E-state index contributed by atoms with van der Waals surface area (Å²) in [5, 5.41) is 0. The smallest absolute Gasteiger partial charge is 0.398 e. The summed E-state index contributed by atoms with van der Waals surface area (Å²) < 4.78 is 40.0. The highest BCUT2D eigenvalue weighted by Crippen LogP contribution is 2.39. The molecule has 0 unspecified atom stereocenters.